The number of aromatic carboxylic acids is 1. The van der Waals surface area contributed by atoms with Crippen LogP contribution in [0.4, 0.5) is 13.2 Å². The van der Waals surface area contributed by atoms with Crippen LogP contribution in [0, 0.1) is 11.8 Å². The fourth-order valence-corrected chi connectivity index (χ4v) is 4.07. The van der Waals surface area contributed by atoms with Gasteiger partial charge in [-0.1, -0.05) is 23.8 Å². The highest BCUT2D eigenvalue weighted by Crippen LogP contribution is 2.43. The Balaban J connectivity index is 0.000000318. The average Bonchev–Trinajstić information content (AvgIpc) is 3.35. The first-order valence-electron chi connectivity index (χ1n) is 9.08. The molecule has 0 aliphatic carbocycles. The number of likely N-dealkylation sites (tertiary alicyclic amines) is 1. The lowest BCUT2D eigenvalue weighted by Crippen LogP contribution is -2.29. The number of rotatable bonds is 5. The smallest absolute Gasteiger partial charge is 0.490 e. The minimum absolute atomic E-state index is 0.165. The molecule has 7 nitrogen and oxygen atoms in total. The predicted molar refractivity (Wildman–Crippen MR) is 98.8 cm³/mol. The van der Waals surface area contributed by atoms with Gasteiger partial charge in [-0.2, -0.15) is 13.2 Å². The van der Waals surface area contributed by atoms with E-state index in [4.69, 9.17) is 36.1 Å². The molecular weight excluding hydrogens is 431 g/mol. The molecule has 3 aliphatic heterocycles. The van der Waals surface area contributed by atoms with Crippen LogP contribution in [0.3, 0.4) is 0 Å². The lowest BCUT2D eigenvalue weighted by atomic mass is 9.86. The van der Waals surface area contributed by atoms with Crippen molar-refractivity contribution in [3.63, 3.8) is 0 Å². The molecule has 11 heteroatoms. The standard InChI is InChI=1S/C17H18ClNO4.C2HF3O2/c18-13-7-10(17(20)21)1-2-16(13)22-6-5-19-8-11-12(9-19)15-4-3-14(11)23-15;3-2(4,5)1(6)7/h1-4,7,11-12,14-15H,5-6,8-9H2,(H,20,21);(H,6,7). The summed E-state index contributed by atoms with van der Waals surface area (Å²) in [6.07, 6.45) is -0.103. The average molecular weight is 450 g/mol. The summed E-state index contributed by atoms with van der Waals surface area (Å²) >= 11 is 6.07. The zero-order valence-electron chi connectivity index (χ0n) is 15.5. The molecule has 1 aromatic carbocycles. The molecule has 0 spiro atoms. The fraction of sp³-hybridized carbons (Fsp3) is 0.474. The van der Waals surface area contributed by atoms with Gasteiger partial charge in [-0.05, 0) is 18.2 Å². The van der Waals surface area contributed by atoms with Crippen molar-refractivity contribution < 1.29 is 42.4 Å². The number of hydrogen-bond donors (Lipinski definition) is 2. The van der Waals surface area contributed by atoms with Gasteiger partial charge in [0.1, 0.15) is 12.4 Å². The number of carbonyl (C=O) groups is 2. The summed E-state index contributed by atoms with van der Waals surface area (Å²) in [5, 5.41) is 16.4. The van der Waals surface area contributed by atoms with E-state index in [1.807, 2.05) is 0 Å². The van der Waals surface area contributed by atoms with Crippen LogP contribution in [0.15, 0.2) is 30.4 Å². The lowest BCUT2D eigenvalue weighted by molar-refractivity contribution is -0.192. The molecule has 3 heterocycles. The Bertz CT molecular complexity index is 826. The van der Waals surface area contributed by atoms with Crippen LogP contribution in [0.25, 0.3) is 0 Å². The summed E-state index contributed by atoms with van der Waals surface area (Å²) in [6, 6.07) is 4.53. The van der Waals surface area contributed by atoms with Crippen molar-refractivity contribution in [3.05, 3.63) is 40.9 Å². The van der Waals surface area contributed by atoms with Crippen LogP contribution >= 0.6 is 11.6 Å². The van der Waals surface area contributed by atoms with Gasteiger partial charge in [0.05, 0.1) is 22.8 Å². The van der Waals surface area contributed by atoms with Crippen LogP contribution < -0.4 is 4.74 Å². The number of halogens is 4. The summed E-state index contributed by atoms with van der Waals surface area (Å²) in [5.41, 5.74) is 0.165. The summed E-state index contributed by atoms with van der Waals surface area (Å²) < 4.78 is 43.3. The number of nitrogens with zero attached hydrogens (tertiary/aromatic N) is 1. The Kier molecular flexibility index (Phi) is 6.59. The van der Waals surface area contributed by atoms with Gasteiger partial charge in [0.2, 0.25) is 0 Å². The minimum Gasteiger partial charge on any atom is -0.491 e. The van der Waals surface area contributed by atoms with Crippen LogP contribution in [0.5, 0.6) is 5.75 Å². The van der Waals surface area contributed by atoms with Gasteiger partial charge in [-0.25, -0.2) is 9.59 Å². The van der Waals surface area contributed by atoms with Gasteiger partial charge in [0.15, 0.2) is 0 Å². The number of aliphatic carboxylic acids is 1. The molecular formula is C19H19ClF3NO6. The van der Waals surface area contributed by atoms with E-state index in [-0.39, 0.29) is 5.56 Å². The van der Waals surface area contributed by atoms with Crippen molar-refractivity contribution in [2.75, 3.05) is 26.2 Å². The van der Waals surface area contributed by atoms with Gasteiger partial charge in [0.25, 0.3) is 0 Å². The highest BCUT2D eigenvalue weighted by molar-refractivity contribution is 6.32. The second-order valence-electron chi connectivity index (χ2n) is 7.14. The maximum Gasteiger partial charge on any atom is 0.490 e. The summed E-state index contributed by atoms with van der Waals surface area (Å²) in [7, 11) is 0. The Morgan fingerprint density at radius 1 is 1.17 bits per heavy atom. The SMILES string of the molecule is O=C(O)C(F)(F)F.O=C(O)c1ccc(OCCN2CC3C4C=CC(O4)C3C2)c(Cl)c1. The molecule has 2 bridgehead atoms. The normalized spacial score (nSPS) is 26.8. The van der Waals surface area contributed by atoms with E-state index in [2.05, 4.69) is 17.1 Å². The number of carboxylic acid groups (broad SMARTS) is 2. The van der Waals surface area contributed by atoms with Crippen molar-refractivity contribution in [2.45, 2.75) is 18.4 Å². The van der Waals surface area contributed by atoms with Crippen LogP contribution in [0.1, 0.15) is 10.4 Å². The molecule has 1 aromatic rings. The van der Waals surface area contributed by atoms with Crippen LogP contribution in [-0.4, -0.2) is 71.7 Å². The number of fused-ring (bicyclic) bond motifs is 5. The van der Waals surface area contributed by atoms with E-state index in [1.165, 1.54) is 12.1 Å². The van der Waals surface area contributed by atoms with E-state index in [9.17, 15) is 18.0 Å². The van der Waals surface area contributed by atoms with E-state index in [1.54, 1.807) is 6.07 Å². The van der Waals surface area contributed by atoms with Crippen molar-refractivity contribution >= 4 is 23.5 Å². The molecule has 0 aromatic heterocycles. The number of benzene rings is 1. The third-order valence-electron chi connectivity index (χ3n) is 5.22. The van der Waals surface area contributed by atoms with Crippen molar-refractivity contribution in [2.24, 2.45) is 11.8 Å². The van der Waals surface area contributed by atoms with Gasteiger partial charge >= 0.3 is 18.1 Å². The summed E-state index contributed by atoms with van der Waals surface area (Å²) in [6.45, 7) is 3.47. The molecule has 2 N–H and O–H groups in total. The molecule has 0 saturated carbocycles. The zero-order valence-corrected chi connectivity index (χ0v) is 16.3. The second kappa shape index (κ2) is 8.83. The highest BCUT2D eigenvalue weighted by Gasteiger charge is 2.50. The Hall–Kier alpha value is -2.30. The Morgan fingerprint density at radius 2 is 1.73 bits per heavy atom. The Morgan fingerprint density at radius 3 is 2.20 bits per heavy atom. The third kappa shape index (κ3) is 5.05. The maximum absolute atomic E-state index is 10.9. The largest absolute Gasteiger partial charge is 0.491 e. The number of alkyl halides is 3. The van der Waals surface area contributed by atoms with Crippen LogP contribution in [0.2, 0.25) is 5.02 Å². The molecule has 0 amide bonds. The molecule has 4 rings (SSSR count). The van der Waals surface area contributed by atoms with Crippen LogP contribution in [-0.2, 0) is 9.53 Å². The highest BCUT2D eigenvalue weighted by atomic mass is 35.5. The number of hydrogen-bond acceptors (Lipinski definition) is 5. The molecule has 0 radical (unpaired) electrons. The lowest BCUT2D eigenvalue weighted by Gasteiger charge is -2.18. The first-order chi connectivity index (χ1) is 14.1. The Labute approximate surface area is 174 Å². The second-order valence-corrected chi connectivity index (χ2v) is 7.55. The third-order valence-corrected chi connectivity index (χ3v) is 5.52. The van der Waals surface area contributed by atoms with Gasteiger partial charge in [0, 0.05) is 31.5 Å². The predicted octanol–water partition coefficient (Wildman–Crippen LogP) is 2.94. The van der Waals surface area contributed by atoms with Gasteiger partial charge in [-0.15, -0.1) is 0 Å². The van der Waals surface area contributed by atoms with Crippen molar-refractivity contribution in [3.8, 4) is 5.75 Å². The van der Waals surface area contributed by atoms with Crippen molar-refractivity contribution in [1.29, 1.82) is 0 Å². The molecule has 4 atom stereocenters. The number of carboxylic acids is 2. The van der Waals surface area contributed by atoms with Gasteiger partial charge < -0.3 is 19.7 Å². The molecule has 164 valence electrons. The molecule has 2 saturated heterocycles. The first kappa shape index (κ1) is 22.4. The van der Waals surface area contributed by atoms with E-state index >= 15 is 0 Å². The molecule has 30 heavy (non-hydrogen) atoms. The maximum atomic E-state index is 10.9. The fourth-order valence-electron chi connectivity index (χ4n) is 3.83. The first-order valence-corrected chi connectivity index (χ1v) is 9.46. The molecule has 3 aliphatic rings. The van der Waals surface area contributed by atoms with E-state index < -0.39 is 18.1 Å². The summed E-state index contributed by atoms with van der Waals surface area (Å²) in [5.74, 6) is -1.99. The zero-order chi connectivity index (χ0) is 22.1. The van der Waals surface area contributed by atoms with Crippen molar-refractivity contribution in [1.82, 2.24) is 4.90 Å². The van der Waals surface area contributed by atoms with Gasteiger partial charge in [-0.3, -0.25) is 4.90 Å². The topological polar surface area (TPSA) is 96.3 Å². The molecule has 2 fully saturated rings. The van der Waals surface area contributed by atoms with E-state index in [0.717, 1.165) is 19.6 Å². The molecule has 4 unspecified atom stereocenters. The van der Waals surface area contributed by atoms with E-state index in [0.29, 0.717) is 41.4 Å². The minimum atomic E-state index is -5.08. The summed E-state index contributed by atoms with van der Waals surface area (Å²) in [4.78, 5) is 22.2. The monoisotopic (exact) mass is 449 g/mol. The number of ether oxygens (including phenoxy) is 2. The quantitative estimate of drug-likeness (QED) is 0.667.